The topological polar surface area (TPSA) is 62.2 Å². The number of aliphatic hydroxyl groups excluding tert-OH is 1. The third-order valence-electron chi connectivity index (χ3n) is 2.27. The van der Waals surface area contributed by atoms with Crippen molar-refractivity contribution in [2.75, 3.05) is 11.9 Å². The van der Waals surface area contributed by atoms with Gasteiger partial charge < -0.3 is 5.11 Å². The fourth-order valence-electron chi connectivity index (χ4n) is 1.44. The summed E-state index contributed by atoms with van der Waals surface area (Å²) in [5.41, 5.74) is 0.584. The molecule has 0 atom stereocenters. The highest BCUT2D eigenvalue weighted by Gasteiger charge is 2.08. The van der Waals surface area contributed by atoms with E-state index in [1.165, 1.54) is 17.4 Å². The Labute approximate surface area is 107 Å². The van der Waals surface area contributed by atoms with Crippen molar-refractivity contribution >= 4 is 22.4 Å². The van der Waals surface area contributed by atoms with Gasteiger partial charge in [-0.05, 0) is 11.6 Å². The van der Waals surface area contributed by atoms with Gasteiger partial charge in [0, 0.05) is 17.5 Å². The number of carbonyl (C=O) groups is 1. The largest absolute Gasteiger partial charge is 0.387 e. The van der Waals surface area contributed by atoms with E-state index in [0.717, 1.165) is 4.88 Å². The molecule has 1 amide bonds. The Bertz CT molecular complexity index is 557. The Morgan fingerprint density at radius 1 is 1.44 bits per heavy atom. The molecule has 0 aliphatic rings. The summed E-state index contributed by atoms with van der Waals surface area (Å²) < 4.78 is 13.4. The van der Waals surface area contributed by atoms with E-state index < -0.39 is 12.5 Å². The Hall–Kier alpha value is -1.79. The fraction of sp³-hybridized carbons (Fsp3) is 0.167. The van der Waals surface area contributed by atoms with Crippen molar-refractivity contribution in [1.29, 1.82) is 0 Å². The molecule has 0 saturated carbocycles. The van der Waals surface area contributed by atoms with Crippen LogP contribution in [0.4, 0.5) is 9.52 Å². The number of hydrogen-bond donors (Lipinski definition) is 2. The molecule has 2 N–H and O–H groups in total. The number of amides is 1. The lowest BCUT2D eigenvalue weighted by Crippen LogP contribution is -2.14. The van der Waals surface area contributed by atoms with Gasteiger partial charge in [0.05, 0.1) is 0 Å². The minimum Gasteiger partial charge on any atom is -0.387 e. The zero-order valence-corrected chi connectivity index (χ0v) is 10.2. The SMILES string of the molecule is O=C(CO)Nc1ncc(Cc2ccccc2F)s1. The van der Waals surface area contributed by atoms with Gasteiger partial charge in [-0.25, -0.2) is 9.37 Å². The summed E-state index contributed by atoms with van der Waals surface area (Å²) in [6.07, 6.45) is 2.02. The lowest BCUT2D eigenvalue weighted by molar-refractivity contribution is -0.118. The number of anilines is 1. The predicted molar refractivity (Wildman–Crippen MR) is 67.0 cm³/mol. The maximum atomic E-state index is 13.4. The van der Waals surface area contributed by atoms with E-state index in [1.807, 2.05) is 0 Å². The van der Waals surface area contributed by atoms with E-state index in [9.17, 15) is 9.18 Å². The molecule has 6 heteroatoms. The maximum Gasteiger partial charge on any atom is 0.251 e. The van der Waals surface area contributed by atoms with Crippen LogP contribution in [0.5, 0.6) is 0 Å². The van der Waals surface area contributed by atoms with Crippen LogP contribution >= 0.6 is 11.3 Å². The van der Waals surface area contributed by atoms with E-state index in [-0.39, 0.29) is 5.82 Å². The molecule has 0 bridgehead atoms. The van der Waals surface area contributed by atoms with Crippen LogP contribution in [0.25, 0.3) is 0 Å². The summed E-state index contributed by atoms with van der Waals surface area (Å²) in [7, 11) is 0. The maximum absolute atomic E-state index is 13.4. The summed E-state index contributed by atoms with van der Waals surface area (Å²) in [6.45, 7) is -0.581. The smallest absolute Gasteiger partial charge is 0.251 e. The average Bonchev–Trinajstić information content (AvgIpc) is 2.79. The number of nitrogens with one attached hydrogen (secondary N) is 1. The quantitative estimate of drug-likeness (QED) is 0.887. The van der Waals surface area contributed by atoms with Gasteiger partial charge >= 0.3 is 0 Å². The molecule has 1 aromatic heterocycles. The van der Waals surface area contributed by atoms with Crippen molar-refractivity contribution < 1.29 is 14.3 Å². The number of aliphatic hydroxyl groups is 1. The molecular formula is C12H11FN2O2S. The van der Waals surface area contributed by atoms with Gasteiger partial charge in [-0.1, -0.05) is 18.2 Å². The summed E-state index contributed by atoms with van der Waals surface area (Å²) in [6, 6.07) is 6.53. The number of benzene rings is 1. The minimum absolute atomic E-state index is 0.258. The number of thiazole rings is 1. The van der Waals surface area contributed by atoms with Gasteiger partial charge in [0.25, 0.3) is 5.91 Å². The first-order valence-electron chi connectivity index (χ1n) is 5.28. The van der Waals surface area contributed by atoms with Gasteiger partial charge in [-0.2, -0.15) is 0 Å². The van der Waals surface area contributed by atoms with Crippen LogP contribution in [0.1, 0.15) is 10.4 Å². The van der Waals surface area contributed by atoms with Crippen molar-refractivity contribution in [2.24, 2.45) is 0 Å². The van der Waals surface area contributed by atoms with Crippen LogP contribution in [-0.4, -0.2) is 22.6 Å². The molecule has 0 fully saturated rings. The second-order valence-corrected chi connectivity index (χ2v) is 4.72. The molecule has 2 aromatic rings. The van der Waals surface area contributed by atoms with E-state index in [2.05, 4.69) is 10.3 Å². The first kappa shape index (κ1) is 12.7. The summed E-state index contributed by atoms with van der Waals surface area (Å²) >= 11 is 1.26. The normalized spacial score (nSPS) is 10.3. The van der Waals surface area contributed by atoms with E-state index in [0.29, 0.717) is 17.1 Å². The predicted octanol–water partition coefficient (Wildman–Crippen LogP) is 1.80. The van der Waals surface area contributed by atoms with Crippen LogP contribution in [0.2, 0.25) is 0 Å². The van der Waals surface area contributed by atoms with Crippen molar-refractivity contribution in [3.63, 3.8) is 0 Å². The second-order valence-electron chi connectivity index (χ2n) is 3.61. The number of aromatic nitrogens is 1. The van der Waals surface area contributed by atoms with Gasteiger partial charge in [0.15, 0.2) is 5.13 Å². The van der Waals surface area contributed by atoms with E-state index in [4.69, 9.17) is 5.11 Å². The summed E-state index contributed by atoms with van der Waals surface area (Å²) in [4.78, 5) is 15.8. The highest BCUT2D eigenvalue weighted by molar-refractivity contribution is 7.15. The zero-order valence-electron chi connectivity index (χ0n) is 9.39. The van der Waals surface area contributed by atoms with Crippen molar-refractivity contribution in [3.8, 4) is 0 Å². The zero-order chi connectivity index (χ0) is 13.0. The fourth-order valence-corrected chi connectivity index (χ4v) is 2.29. The third kappa shape index (κ3) is 3.12. The van der Waals surface area contributed by atoms with Crippen molar-refractivity contribution in [3.05, 3.63) is 46.7 Å². The second kappa shape index (κ2) is 5.70. The number of carbonyl (C=O) groups excluding carboxylic acids is 1. The van der Waals surface area contributed by atoms with Gasteiger partial charge in [-0.15, -0.1) is 11.3 Å². The number of nitrogens with zero attached hydrogens (tertiary/aromatic N) is 1. The van der Waals surface area contributed by atoms with Crippen LogP contribution < -0.4 is 5.32 Å². The molecule has 4 nitrogen and oxygen atoms in total. The lowest BCUT2D eigenvalue weighted by atomic mass is 10.1. The summed E-state index contributed by atoms with van der Waals surface area (Å²) in [5.74, 6) is -0.770. The van der Waals surface area contributed by atoms with Gasteiger partial charge in [-0.3, -0.25) is 10.1 Å². The molecule has 0 unspecified atom stereocenters. The molecule has 18 heavy (non-hydrogen) atoms. The Morgan fingerprint density at radius 3 is 2.94 bits per heavy atom. The van der Waals surface area contributed by atoms with Gasteiger partial charge in [0.1, 0.15) is 12.4 Å². The average molecular weight is 266 g/mol. The number of hydrogen-bond acceptors (Lipinski definition) is 4. The highest BCUT2D eigenvalue weighted by Crippen LogP contribution is 2.22. The third-order valence-corrected chi connectivity index (χ3v) is 3.18. The molecule has 0 aliphatic heterocycles. The monoisotopic (exact) mass is 266 g/mol. The van der Waals surface area contributed by atoms with E-state index >= 15 is 0 Å². The summed E-state index contributed by atoms with van der Waals surface area (Å²) in [5, 5.41) is 11.4. The minimum atomic E-state index is -0.581. The van der Waals surface area contributed by atoms with E-state index in [1.54, 1.807) is 24.4 Å². The molecule has 1 aromatic carbocycles. The molecular weight excluding hydrogens is 255 g/mol. The van der Waals surface area contributed by atoms with Crippen molar-refractivity contribution in [2.45, 2.75) is 6.42 Å². The van der Waals surface area contributed by atoms with Crippen LogP contribution in [0.3, 0.4) is 0 Å². The molecule has 2 rings (SSSR count). The molecule has 0 spiro atoms. The molecule has 1 heterocycles. The Morgan fingerprint density at radius 2 is 2.22 bits per heavy atom. The molecule has 0 aliphatic carbocycles. The number of rotatable bonds is 4. The lowest BCUT2D eigenvalue weighted by Gasteiger charge is -1.99. The van der Waals surface area contributed by atoms with Crippen molar-refractivity contribution in [1.82, 2.24) is 4.98 Å². The van der Waals surface area contributed by atoms with Crippen LogP contribution in [0, 0.1) is 5.82 Å². The first-order valence-corrected chi connectivity index (χ1v) is 6.09. The van der Waals surface area contributed by atoms with Gasteiger partial charge in [0.2, 0.25) is 0 Å². The Balaban J connectivity index is 2.07. The Kier molecular flexibility index (Phi) is 4.01. The first-order chi connectivity index (χ1) is 8.69. The highest BCUT2D eigenvalue weighted by atomic mass is 32.1. The molecule has 0 saturated heterocycles. The number of halogens is 1. The molecule has 0 radical (unpaired) electrons. The molecule has 94 valence electrons. The standard InChI is InChI=1S/C12H11FN2O2S/c13-10-4-2-1-3-8(10)5-9-6-14-12(18-9)15-11(17)7-16/h1-4,6,16H,5,7H2,(H,14,15,17). The van der Waals surface area contributed by atoms with Crippen LogP contribution in [-0.2, 0) is 11.2 Å². The van der Waals surface area contributed by atoms with Crippen LogP contribution in [0.15, 0.2) is 30.5 Å².